The van der Waals surface area contributed by atoms with Crippen molar-refractivity contribution in [2.45, 2.75) is 82.7 Å². The van der Waals surface area contributed by atoms with Crippen LogP contribution in [0.2, 0.25) is 18.1 Å². The van der Waals surface area contributed by atoms with Gasteiger partial charge in [0.2, 0.25) is 0 Å². The van der Waals surface area contributed by atoms with Crippen LogP contribution in [0.4, 0.5) is 0 Å². The second-order valence-corrected chi connectivity index (χ2v) is 17.4. The lowest BCUT2D eigenvalue weighted by atomic mass is 10.1. The third-order valence-corrected chi connectivity index (χ3v) is 12.7. The second kappa shape index (κ2) is 7.65. The van der Waals surface area contributed by atoms with Crippen LogP contribution in [0.5, 0.6) is 5.75 Å². The molecule has 0 N–H and O–H groups in total. The monoisotopic (exact) mass is 494 g/mol. The minimum absolute atomic E-state index is 0.127. The Morgan fingerprint density at radius 3 is 1.88 bits per heavy atom. The summed E-state index contributed by atoms with van der Waals surface area (Å²) in [5.74, 6) is 2.10. The summed E-state index contributed by atoms with van der Waals surface area (Å²) < 4.78 is 7.99. The molecule has 1 aromatic carbocycles. The molecular formula is C19H32Br2OSSi. The van der Waals surface area contributed by atoms with E-state index in [2.05, 4.69) is 100 Å². The lowest BCUT2D eigenvalue weighted by Crippen LogP contribution is -2.44. The molecule has 1 aromatic rings. The van der Waals surface area contributed by atoms with Gasteiger partial charge in [-0.25, -0.2) is 0 Å². The molecule has 0 aliphatic rings. The van der Waals surface area contributed by atoms with Crippen molar-refractivity contribution in [1.29, 1.82) is 0 Å². The molecule has 138 valence electrons. The third-order valence-electron chi connectivity index (χ3n) is 4.84. The van der Waals surface area contributed by atoms with Crippen LogP contribution in [-0.4, -0.2) is 18.4 Å². The number of hydrogen-bond donors (Lipinski definition) is 0. The minimum Gasteiger partial charge on any atom is -0.543 e. The predicted octanol–water partition coefficient (Wildman–Crippen LogP) is 8.02. The Bertz CT molecular complexity index is 584. The standard InChI is InChI=1S/C19H32Br2OSSi/c1-12-13(2)17(23-11-19(7,8)21)15(20)14(3)16(12)22-24(9,10)18(4,5)6/h11H2,1-10H3. The normalized spacial score (nSPS) is 13.3. The molecule has 0 radical (unpaired) electrons. The highest BCUT2D eigenvalue weighted by atomic mass is 79.9. The minimum atomic E-state index is -1.86. The summed E-state index contributed by atoms with van der Waals surface area (Å²) in [5.41, 5.74) is 3.82. The lowest BCUT2D eigenvalue weighted by molar-refractivity contribution is 0.484. The quantitative estimate of drug-likeness (QED) is 0.232. The topological polar surface area (TPSA) is 9.23 Å². The number of rotatable bonds is 5. The molecule has 0 aliphatic carbocycles. The van der Waals surface area contributed by atoms with Crippen molar-refractivity contribution in [2.75, 3.05) is 5.75 Å². The SMILES string of the molecule is Cc1c(C)c(SCC(C)(C)Br)c(Br)c(C)c1O[Si](C)(C)C(C)(C)C. The molecular weight excluding hydrogens is 464 g/mol. The molecule has 0 fully saturated rings. The average Bonchev–Trinajstić information content (AvgIpc) is 2.39. The largest absolute Gasteiger partial charge is 0.543 e. The van der Waals surface area contributed by atoms with Gasteiger partial charge in [0.05, 0.1) is 0 Å². The number of alkyl halides is 1. The smallest absolute Gasteiger partial charge is 0.250 e. The van der Waals surface area contributed by atoms with Crippen molar-refractivity contribution >= 4 is 51.9 Å². The Morgan fingerprint density at radius 1 is 0.958 bits per heavy atom. The highest BCUT2D eigenvalue weighted by molar-refractivity contribution is 9.10. The molecule has 1 rings (SSSR count). The molecule has 0 heterocycles. The maximum Gasteiger partial charge on any atom is 0.250 e. The van der Waals surface area contributed by atoms with Crippen LogP contribution in [0.25, 0.3) is 0 Å². The summed E-state index contributed by atoms with van der Waals surface area (Å²) in [6.07, 6.45) is 0. The van der Waals surface area contributed by atoms with Gasteiger partial charge >= 0.3 is 0 Å². The van der Waals surface area contributed by atoms with Gasteiger partial charge in [-0.15, -0.1) is 11.8 Å². The van der Waals surface area contributed by atoms with Crippen LogP contribution in [0, 0.1) is 20.8 Å². The van der Waals surface area contributed by atoms with Gasteiger partial charge in [0.1, 0.15) is 5.75 Å². The Kier molecular flexibility index (Phi) is 7.20. The first-order chi connectivity index (χ1) is 10.6. The first-order valence-electron chi connectivity index (χ1n) is 8.38. The van der Waals surface area contributed by atoms with Gasteiger partial charge in [0, 0.05) is 25.0 Å². The fourth-order valence-corrected chi connectivity index (χ4v) is 5.46. The Balaban J connectivity index is 3.33. The first-order valence-corrected chi connectivity index (χ1v) is 13.9. The third kappa shape index (κ3) is 5.27. The number of thioether (sulfide) groups is 1. The number of halogens is 2. The predicted molar refractivity (Wildman–Crippen MR) is 120 cm³/mol. The van der Waals surface area contributed by atoms with Crippen molar-refractivity contribution in [1.82, 2.24) is 0 Å². The molecule has 0 aromatic heterocycles. The van der Waals surface area contributed by atoms with E-state index in [1.165, 1.54) is 26.1 Å². The Labute approximate surface area is 171 Å². The van der Waals surface area contributed by atoms with Crippen LogP contribution in [0.3, 0.4) is 0 Å². The molecule has 0 atom stereocenters. The zero-order chi connectivity index (χ0) is 19.1. The van der Waals surface area contributed by atoms with Gasteiger partial charge in [-0.3, -0.25) is 0 Å². The lowest BCUT2D eigenvalue weighted by Gasteiger charge is -2.38. The van der Waals surface area contributed by atoms with Gasteiger partial charge in [0.25, 0.3) is 8.32 Å². The molecule has 0 spiro atoms. The molecule has 0 saturated carbocycles. The van der Waals surface area contributed by atoms with Crippen LogP contribution in [-0.2, 0) is 0 Å². The molecule has 0 saturated heterocycles. The van der Waals surface area contributed by atoms with Crippen molar-refractivity contribution in [3.05, 3.63) is 21.2 Å². The zero-order valence-corrected chi connectivity index (χ0v) is 21.8. The van der Waals surface area contributed by atoms with E-state index in [0.717, 1.165) is 11.5 Å². The maximum atomic E-state index is 6.68. The van der Waals surface area contributed by atoms with Crippen LogP contribution in [0.1, 0.15) is 51.3 Å². The average molecular weight is 496 g/mol. The molecule has 5 heteroatoms. The fraction of sp³-hybridized carbons (Fsp3) is 0.684. The van der Waals surface area contributed by atoms with E-state index in [0.29, 0.717) is 0 Å². The summed E-state index contributed by atoms with van der Waals surface area (Å²) in [6.45, 7) is 22.5. The van der Waals surface area contributed by atoms with Crippen LogP contribution in [0.15, 0.2) is 9.37 Å². The van der Waals surface area contributed by atoms with E-state index in [9.17, 15) is 0 Å². The van der Waals surface area contributed by atoms with E-state index in [1.54, 1.807) is 0 Å². The molecule has 24 heavy (non-hydrogen) atoms. The van der Waals surface area contributed by atoms with Gasteiger partial charge in [-0.1, -0.05) is 36.7 Å². The van der Waals surface area contributed by atoms with E-state index >= 15 is 0 Å². The highest BCUT2D eigenvalue weighted by Crippen LogP contribution is 2.45. The zero-order valence-electron chi connectivity index (χ0n) is 16.8. The van der Waals surface area contributed by atoms with Crippen molar-refractivity contribution in [3.63, 3.8) is 0 Å². The summed E-state index contributed by atoms with van der Waals surface area (Å²) in [5, 5.41) is 0.194. The summed E-state index contributed by atoms with van der Waals surface area (Å²) in [7, 11) is -1.86. The number of benzene rings is 1. The molecule has 0 bridgehead atoms. The summed E-state index contributed by atoms with van der Waals surface area (Å²) in [4.78, 5) is 1.33. The van der Waals surface area contributed by atoms with Crippen molar-refractivity contribution in [3.8, 4) is 5.75 Å². The van der Waals surface area contributed by atoms with Crippen LogP contribution < -0.4 is 4.43 Å². The molecule has 0 unspecified atom stereocenters. The van der Waals surface area contributed by atoms with Gasteiger partial charge in [-0.05, 0) is 79.8 Å². The molecule has 1 nitrogen and oxygen atoms in total. The number of hydrogen-bond acceptors (Lipinski definition) is 2. The van der Waals surface area contributed by atoms with E-state index in [-0.39, 0.29) is 9.36 Å². The van der Waals surface area contributed by atoms with E-state index in [4.69, 9.17) is 4.43 Å². The summed E-state index contributed by atoms with van der Waals surface area (Å²) >= 11 is 9.49. The fourth-order valence-electron chi connectivity index (χ4n) is 2.03. The first kappa shape index (κ1) is 22.6. The Hall–Kier alpha value is 0.547. The van der Waals surface area contributed by atoms with Gasteiger partial charge in [0.15, 0.2) is 0 Å². The highest BCUT2D eigenvalue weighted by Gasteiger charge is 2.40. The Morgan fingerprint density at radius 2 is 1.46 bits per heavy atom. The second-order valence-electron chi connectivity index (χ2n) is 8.72. The van der Waals surface area contributed by atoms with E-state index in [1.807, 2.05) is 11.8 Å². The van der Waals surface area contributed by atoms with Gasteiger partial charge in [-0.2, -0.15) is 0 Å². The molecule has 0 aliphatic heterocycles. The molecule has 0 amide bonds. The van der Waals surface area contributed by atoms with Crippen LogP contribution >= 0.6 is 43.6 Å². The van der Waals surface area contributed by atoms with Crippen molar-refractivity contribution in [2.24, 2.45) is 0 Å². The van der Waals surface area contributed by atoms with Gasteiger partial charge < -0.3 is 4.43 Å². The summed E-state index contributed by atoms with van der Waals surface area (Å²) in [6, 6.07) is 0. The maximum absolute atomic E-state index is 6.68. The van der Waals surface area contributed by atoms with E-state index < -0.39 is 8.32 Å². The van der Waals surface area contributed by atoms with Crippen molar-refractivity contribution < 1.29 is 4.43 Å².